The van der Waals surface area contributed by atoms with Crippen molar-refractivity contribution in [3.05, 3.63) is 66.2 Å². The number of anilines is 1. The van der Waals surface area contributed by atoms with Gasteiger partial charge in [-0.2, -0.15) is 0 Å². The average molecular weight is 434 g/mol. The fraction of sp³-hybridized carbons (Fsp3) is 0.423. The number of para-hydroxylation sites is 1. The Labute approximate surface area is 189 Å². The molecular formula is C26H31N3O3. The fourth-order valence-corrected chi connectivity index (χ4v) is 4.82. The van der Waals surface area contributed by atoms with Crippen LogP contribution in [-0.2, 0) is 9.59 Å². The van der Waals surface area contributed by atoms with E-state index in [-0.39, 0.29) is 36.1 Å². The van der Waals surface area contributed by atoms with Crippen LogP contribution in [0.15, 0.2) is 60.7 Å². The molecule has 2 aliphatic rings. The molecule has 2 aliphatic heterocycles. The second-order valence-electron chi connectivity index (χ2n) is 8.66. The van der Waals surface area contributed by atoms with E-state index in [2.05, 4.69) is 6.92 Å². The number of rotatable bonds is 6. The van der Waals surface area contributed by atoms with Crippen LogP contribution in [0, 0.1) is 5.92 Å². The number of carbonyl (C=O) groups excluding carboxylic acids is 3. The molecule has 168 valence electrons. The maximum absolute atomic E-state index is 13.5. The number of amides is 3. The van der Waals surface area contributed by atoms with Crippen molar-refractivity contribution in [1.82, 2.24) is 9.80 Å². The van der Waals surface area contributed by atoms with E-state index in [0.717, 1.165) is 24.9 Å². The van der Waals surface area contributed by atoms with Gasteiger partial charge in [0.1, 0.15) is 0 Å². The number of piperidine rings is 1. The molecule has 0 saturated carbocycles. The minimum atomic E-state index is -0.307. The summed E-state index contributed by atoms with van der Waals surface area (Å²) in [5.41, 5.74) is 1.56. The summed E-state index contributed by atoms with van der Waals surface area (Å²) in [6.45, 7) is 4.49. The summed E-state index contributed by atoms with van der Waals surface area (Å²) in [6.07, 6.45) is 2.68. The molecule has 2 aromatic carbocycles. The second kappa shape index (κ2) is 9.98. The van der Waals surface area contributed by atoms with Crippen molar-refractivity contribution < 1.29 is 14.4 Å². The summed E-state index contributed by atoms with van der Waals surface area (Å²) in [7, 11) is 0. The van der Waals surface area contributed by atoms with E-state index in [1.54, 1.807) is 4.90 Å². The van der Waals surface area contributed by atoms with Crippen LogP contribution in [-0.4, -0.2) is 59.7 Å². The lowest BCUT2D eigenvalue weighted by atomic mass is 9.98. The van der Waals surface area contributed by atoms with Crippen LogP contribution >= 0.6 is 0 Å². The number of hydrogen-bond acceptors (Lipinski definition) is 3. The van der Waals surface area contributed by atoms with Gasteiger partial charge in [0.15, 0.2) is 0 Å². The smallest absolute Gasteiger partial charge is 0.253 e. The zero-order chi connectivity index (χ0) is 22.5. The van der Waals surface area contributed by atoms with Gasteiger partial charge in [-0.3, -0.25) is 14.4 Å². The van der Waals surface area contributed by atoms with Crippen molar-refractivity contribution in [3.63, 3.8) is 0 Å². The highest BCUT2D eigenvalue weighted by atomic mass is 16.2. The maximum Gasteiger partial charge on any atom is 0.253 e. The van der Waals surface area contributed by atoms with Crippen molar-refractivity contribution in [2.45, 2.75) is 38.6 Å². The molecule has 6 heteroatoms. The van der Waals surface area contributed by atoms with Gasteiger partial charge in [0, 0.05) is 49.9 Å². The summed E-state index contributed by atoms with van der Waals surface area (Å²) in [6, 6.07) is 19.0. The molecule has 1 atom stereocenters. The molecule has 4 rings (SSSR count). The Morgan fingerprint density at radius 1 is 0.969 bits per heavy atom. The predicted octanol–water partition coefficient (Wildman–Crippen LogP) is 3.58. The van der Waals surface area contributed by atoms with Gasteiger partial charge in [-0.1, -0.05) is 43.3 Å². The Hall–Kier alpha value is -3.15. The van der Waals surface area contributed by atoms with Gasteiger partial charge < -0.3 is 14.7 Å². The molecule has 0 N–H and O–H groups in total. The molecule has 0 bridgehead atoms. The van der Waals surface area contributed by atoms with E-state index in [1.807, 2.05) is 70.5 Å². The Bertz CT molecular complexity index is 939. The zero-order valence-corrected chi connectivity index (χ0v) is 18.7. The first-order valence-corrected chi connectivity index (χ1v) is 11.6. The van der Waals surface area contributed by atoms with Crippen molar-refractivity contribution in [1.29, 1.82) is 0 Å². The predicted molar refractivity (Wildman–Crippen MR) is 124 cm³/mol. The lowest BCUT2D eigenvalue weighted by Crippen LogP contribution is -2.50. The maximum atomic E-state index is 13.5. The monoisotopic (exact) mass is 433 g/mol. The zero-order valence-electron chi connectivity index (χ0n) is 18.7. The standard InChI is InChI=1S/C26H31N3O3/c1-2-15-28(23-13-16-27(17-14-23)25(31)20-9-5-3-6-10-20)26(32)21-18-24(30)29(19-21)22-11-7-4-8-12-22/h3-12,21,23H,2,13-19H2,1H3. The molecule has 2 saturated heterocycles. The van der Waals surface area contributed by atoms with E-state index in [0.29, 0.717) is 31.7 Å². The quantitative estimate of drug-likeness (QED) is 0.700. The highest BCUT2D eigenvalue weighted by Crippen LogP contribution is 2.28. The molecule has 0 spiro atoms. The van der Waals surface area contributed by atoms with E-state index in [9.17, 15) is 14.4 Å². The molecule has 2 fully saturated rings. The topological polar surface area (TPSA) is 60.9 Å². The van der Waals surface area contributed by atoms with Crippen LogP contribution in [0.5, 0.6) is 0 Å². The molecule has 3 amide bonds. The lowest BCUT2D eigenvalue weighted by Gasteiger charge is -2.39. The minimum Gasteiger partial charge on any atom is -0.339 e. The third kappa shape index (κ3) is 4.69. The van der Waals surface area contributed by atoms with Gasteiger partial charge in [0.2, 0.25) is 11.8 Å². The van der Waals surface area contributed by atoms with Crippen LogP contribution in [0.1, 0.15) is 43.0 Å². The van der Waals surface area contributed by atoms with Crippen LogP contribution in [0.2, 0.25) is 0 Å². The molecule has 0 radical (unpaired) electrons. The van der Waals surface area contributed by atoms with Crippen molar-refractivity contribution >= 4 is 23.4 Å². The normalized spacial score (nSPS) is 19.3. The summed E-state index contributed by atoms with van der Waals surface area (Å²) < 4.78 is 0. The Kier molecular flexibility index (Phi) is 6.88. The molecule has 0 aromatic heterocycles. The molecule has 1 unspecified atom stereocenters. The molecule has 2 heterocycles. The largest absolute Gasteiger partial charge is 0.339 e. The van der Waals surface area contributed by atoms with Gasteiger partial charge >= 0.3 is 0 Å². The molecule has 32 heavy (non-hydrogen) atoms. The van der Waals surface area contributed by atoms with Gasteiger partial charge in [-0.05, 0) is 43.5 Å². The Morgan fingerprint density at radius 2 is 1.59 bits per heavy atom. The van der Waals surface area contributed by atoms with Gasteiger partial charge in [-0.25, -0.2) is 0 Å². The van der Waals surface area contributed by atoms with Crippen LogP contribution in [0.3, 0.4) is 0 Å². The van der Waals surface area contributed by atoms with Crippen molar-refractivity contribution in [2.75, 3.05) is 31.1 Å². The number of carbonyl (C=O) groups is 3. The third-order valence-corrected chi connectivity index (χ3v) is 6.50. The number of nitrogens with zero attached hydrogens (tertiary/aromatic N) is 3. The summed E-state index contributed by atoms with van der Waals surface area (Å²) in [5, 5.41) is 0. The number of hydrogen-bond donors (Lipinski definition) is 0. The first-order valence-electron chi connectivity index (χ1n) is 11.6. The molecular weight excluding hydrogens is 402 g/mol. The number of benzene rings is 2. The second-order valence-corrected chi connectivity index (χ2v) is 8.66. The van der Waals surface area contributed by atoms with E-state index >= 15 is 0 Å². The van der Waals surface area contributed by atoms with Crippen molar-refractivity contribution in [2.24, 2.45) is 5.92 Å². The van der Waals surface area contributed by atoms with Crippen LogP contribution in [0.4, 0.5) is 5.69 Å². The molecule has 0 aliphatic carbocycles. The summed E-state index contributed by atoms with van der Waals surface area (Å²) >= 11 is 0. The van der Waals surface area contributed by atoms with Gasteiger partial charge in [-0.15, -0.1) is 0 Å². The van der Waals surface area contributed by atoms with Gasteiger partial charge in [0.25, 0.3) is 5.91 Å². The first-order chi connectivity index (χ1) is 15.6. The SMILES string of the molecule is CCCN(C(=O)C1CC(=O)N(c2ccccc2)C1)C1CCN(C(=O)c2ccccc2)CC1. The first kappa shape index (κ1) is 22.1. The fourth-order valence-electron chi connectivity index (χ4n) is 4.82. The molecule has 2 aromatic rings. The highest BCUT2D eigenvalue weighted by molar-refractivity contribution is 6.00. The van der Waals surface area contributed by atoms with E-state index in [4.69, 9.17) is 0 Å². The summed E-state index contributed by atoms with van der Waals surface area (Å²) in [4.78, 5) is 44.4. The van der Waals surface area contributed by atoms with Crippen molar-refractivity contribution in [3.8, 4) is 0 Å². The minimum absolute atomic E-state index is 0.00859. The molecule has 6 nitrogen and oxygen atoms in total. The lowest BCUT2D eigenvalue weighted by molar-refractivity contribution is -0.139. The van der Waals surface area contributed by atoms with Crippen LogP contribution < -0.4 is 4.90 Å². The third-order valence-electron chi connectivity index (χ3n) is 6.50. The van der Waals surface area contributed by atoms with Crippen LogP contribution in [0.25, 0.3) is 0 Å². The van der Waals surface area contributed by atoms with E-state index in [1.165, 1.54) is 0 Å². The number of likely N-dealkylation sites (tertiary alicyclic amines) is 1. The Morgan fingerprint density at radius 3 is 2.22 bits per heavy atom. The Balaban J connectivity index is 1.39. The average Bonchev–Trinajstić information content (AvgIpc) is 3.24. The highest BCUT2D eigenvalue weighted by Gasteiger charge is 2.39. The van der Waals surface area contributed by atoms with Gasteiger partial charge in [0.05, 0.1) is 5.92 Å². The summed E-state index contributed by atoms with van der Waals surface area (Å²) in [5.74, 6) is -0.170. The van der Waals surface area contributed by atoms with E-state index < -0.39 is 0 Å².